The molecule has 1 rings (SSSR count). The van der Waals surface area contributed by atoms with Crippen molar-refractivity contribution in [3.8, 4) is 6.07 Å². The van der Waals surface area contributed by atoms with Gasteiger partial charge in [0.05, 0.1) is 12.5 Å². The quantitative estimate of drug-likeness (QED) is 0.773. The third-order valence-electron chi connectivity index (χ3n) is 1.75. The molecule has 0 saturated carbocycles. The molecule has 1 aromatic rings. The molecule has 0 heterocycles. The molecule has 0 aromatic heterocycles. The largest absolute Gasteiger partial charge is 0.323 e. The molecule has 0 saturated heterocycles. The third-order valence-corrected chi connectivity index (χ3v) is 2.11. The second-order valence-electron chi connectivity index (χ2n) is 2.77. The highest BCUT2D eigenvalue weighted by atomic mass is 35.5. The molecule has 0 aliphatic rings. The average Bonchev–Trinajstić information content (AvgIpc) is 2.13. The van der Waals surface area contributed by atoms with Gasteiger partial charge in [-0.2, -0.15) is 5.26 Å². The van der Waals surface area contributed by atoms with Crippen LogP contribution in [0.1, 0.15) is 18.0 Å². The van der Waals surface area contributed by atoms with Crippen molar-refractivity contribution in [2.24, 2.45) is 5.73 Å². The van der Waals surface area contributed by atoms with Gasteiger partial charge in [0.25, 0.3) is 0 Å². The zero-order valence-corrected chi connectivity index (χ0v) is 7.85. The maximum Gasteiger partial charge on any atom is 0.145 e. The predicted molar refractivity (Wildman–Crippen MR) is 48.5 cm³/mol. The highest BCUT2D eigenvalue weighted by molar-refractivity contribution is 6.30. The van der Waals surface area contributed by atoms with Gasteiger partial charge in [-0.15, -0.1) is 0 Å². The van der Waals surface area contributed by atoms with Gasteiger partial charge in [0.15, 0.2) is 0 Å². The van der Waals surface area contributed by atoms with Gasteiger partial charge in [-0.05, 0) is 17.7 Å². The molecule has 0 aliphatic heterocycles. The standard InChI is InChI=1S/C9H7ClF2N2/c10-9-6(11)3-5(4-7(9)12)8(14)1-2-13/h3-4,8H,1,14H2. The van der Waals surface area contributed by atoms with Crippen molar-refractivity contribution in [1.29, 1.82) is 5.26 Å². The number of rotatable bonds is 2. The number of nitrogens with two attached hydrogens (primary N) is 1. The van der Waals surface area contributed by atoms with Gasteiger partial charge >= 0.3 is 0 Å². The second kappa shape index (κ2) is 4.36. The second-order valence-corrected chi connectivity index (χ2v) is 3.15. The van der Waals surface area contributed by atoms with Crippen LogP contribution in [0, 0.1) is 23.0 Å². The molecule has 2 nitrogen and oxygen atoms in total. The van der Waals surface area contributed by atoms with Crippen LogP contribution in [0.3, 0.4) is 0 Å². The number of hydrogen-bond acceptors (Lipinski definition) is 2. The van der Waals surface area contributed by atoms with Crippen molar-refractivity contribution in [2.75, 3.05) is 0 Å². The van der Waals surface area contributed by atoms with E-state index in [9.17, 15) is 8.78 Å². The smallest absolute Gasteiger partial charge is 0.145 e. The van der Waals surface area contributed by atoms with Crippen LogP contribution in [-0.4, -0.2) is 0 Å². The maximum absolute atomic E-state index is 12.9. The van der Waals surface area contributed by atoms with Crippen LogP contribution in [0.4, 0.5) is 8.78 Å². The summed E-state index contributed by atoms with van der Waals surface area (Å²) in [5.74, 6) is -1.73. The van der Waals surface area contributed by atoms with Crippen molar-refractivity contribution in [3.05, 3.63) is 34.4 Å². The molecule has 0 amide bonds. The van der Waals surface area contributed by atoms with Crippen molar-refractivity contribution in [2.45, 2.75) is 12.5 Å². The summed E-state index contributed by atoms with van der Waals surface area (Å²) in [4.78, 5) is 0. The van der Waals surface area contributed by atoms with E-state index in [4.69, 9.17) is 22.6 Å². The Morgan fingerprint density at radius 1 is 1.43 bits per heavy atom. The van der Waals surface area contributed by atoms with E-state index in [-0.39, 0.29) is 12.0 Å². The lowest BCUT2D eigenvalue weighted by molar-refractivity contribution is 0.574. The Kier molecular flexibility index (Phi) is 3.39. The summed E-state index contributed by atoms with van der Waals surface area (Å²) in [5.41, 5.74) is 5.72. The summed E-state index contributed by atoms with van der Waals surface area (Å²) >= 11 is 5.28. The number of hydrogen-bond donors (Lipinski definition) is 1. The van der Waals surface area contributed by atoms with Crippen LogP contribution >= 0.6 is 11.6 Å². The topological polar surface area (TPSA) is 49.8 Å². The van der Waals surface area contributed by atoms with Crippen molar-refractivity contribution in [3.63, 3.8) is 0 Å². The van der Waals surface area contributed by atoms with E-state index in [0.717, 1.165) is 12.1 Å². The first-order valence-electron chi connectivity index (χ1n) is 3.83. The Labute approximate surface area is 84.9 Å². The van der Waals surface area contributed by atoms with Crippen LogP contribution < -0.4 is 5.73 Å². The monoisotopic (exact) mass is 216 g/mol. The first-order valence-corrected chi connectivity index (χ1v) is 4.21. The minimum atomic E-state index is -0.866. The van der Waals surface area contributed by atoms with E-state index in [1.54, 1.807) is 0 Å². The predicted octanol–water partition coefficient (Wildman–Crippen LogP) is 2.53. The molecule has 1 atom stereocenters. The third kappa shape index (κ3) is 2.19. The van der Waals surface area contributed by atoms with Crippen LogP contribution in [0.15, 0.2) is 12.1 Å². The number of benzene rings is 1. The molecular weight excluding hydrogens is 210 g/mol. The molecule has 14 heavy (non-hydrogen) atoms. The van der Waals surface area contributed by atoms with E-state index in [1.165, 1.54) is 0 Å². The van der Waals surface area contributed by atoms with Crippen molar-refractivity contribution >= 4 is 11.6 Å². The lowest BCUT2D eigenvalue weighted by atomic mass is 10.1. The van der Waals surface area contributed by atoms with E-state index in [1.807, 2.05) is 6.07 Å². The Balaban J connectivity index is 3.07. The molecule has 1 unspecified atom stereocenters. The molecule has 0 aliphatic carbocycles. The normalized spacial score (nSPS) is 12.2. The average molecular weight is 217 g/mol. The van der Waals surface area contributed by atoms with Crippen LogP contribution in [0.2, 0.25) is 5.02 Å². The number of nitrogens with zero attached hydrogens (tertiary/aromatic N) is 1. The Morgan fingerprint density at radius 2 is 1.93 bits per heavy atom. The number of nitriles is 1. The molecular formula is C9H7ClF2N2. The SMILES string of the molecule is N#CCC(N)c1cc(F)c(Cl)c(F)c1. The minimum absolute atomic E-state index is 0.000508. The zero-order valence-electron chi connectivity index (χ0n) is 7.10. The Bertz CT molecular complexity index is 364. The van der Waals surface area contributed by atoms with Crippen LogP contribution in [0.5, 0.6) is 0 Å². The fraction of sp³-hybridized carbons (Fsp3) is 0.222. The first kappa shape index (κ1) is 10.9. The van der Waals surface area contributed by atoms with Crippen LogP contribution in [0.25, 0.3) is 0 Å². The highest BCUT2D eigenvalue weighted by Gasteiger charge is 2.12. The van der Waals surface area contributed by atoms with Gasteiger partial charge in [-0.3, -0.25) is 0 Å². The molecule has 0 fully saturated rings. The van der Waals surface area contributed by atoms with Gasteiger partial charge in [-0.1, -0.05) is 11.6 Å². The fourth-order valence-electron chi connectivity index (χ4n) is 1.01. The summed E-state index contributed by atoms with van der Waals surface area (Å²) in [6.45, 7) is 0. The Hall–Kier alpha value is -1.18. The summed E-state index contributed by atoms with van der Waals surface area (Å²) in [5, 5.41) is 7.79. The molecule has 5 heteroatoms. The first-order chi connectivity index (χ1) is 6.56. The van der Waals surface area contributed by atoms with Gasteiger partial charge in [-0.25, -0.2) is 8.78 Å². The van der Waals surface area contributed by atoms with Gasteiger partial charge < -0.3 is 5.73 Å². The lowest BCUT2D eigenvalue weighted by Gasteiger charge is -2.08. The van der Waals surface area contributed by atoms with E-state index in [2.05, 4.69) is 0 Å². The van der Waals surface area contributed by atoms with Gasteiger partial charge in [0, 0.05) is 6.04 Å². The highest BCUT2D eigenvalue weighted by Crippen LogP contribution is 2.24. The zero-order chi connectivity index (χ0) is 10.7. The summed E-state index contributed by atoms with van der Waals surface area (Å²) in [7, 11) is 0. The van der Waals surface area contributed by atoms with Gasteiger partial charge in [0.2, 0.25) is 0 Å². The lowest BCUT2D eigenvalue weighted by Crippen LogP contribution is -2.10. The minimum Gasteiger partial charge on any atom is -0.323 e. The van der Waals surface area contributed by atoms with Gasteiger partial charge in [0.1, 0.15) is 16.7 Å². The van der Waals surface area contributed by atoms with E-state index >= 15 is 0 Å². The van der Waals surface area contributed by atoms with Crippen LogP contribution in [-0.2, 0) is 0 Å². The van der Waals surface area contributed by atoms with E-state index in [0.29, 0.717) is 0 Å². The summed E-state index contributed by atoms with van der Waals surface area (Å²) < 4.78 is 25.9. The molecule has 74 valence electrons. The molecule has 0 spiro atoms. The summed E-state index contributed by atoms with van der Waals surface area (Å²) in [6.07, 6.45) is 0.000508. The van der Waals surface area contributed by atoms with Crippen molar-refractivity contribution < 1.29 is 8.78 Å². The number of halogens is 3. The maximum atomic E-state index is 12.9. The molecule has 0 bridgehead atoms. The Morgan fingerprint density at radius 3 is 2.36 bits per heavy atom. The summed E-state index contributed by atoms with van der Waals surface area (Å²) in [6, 6.07) is 3.19. The molecule has 0 radical (unpaired) electrons. The van der Waals surface area contributed by atoms with E-state index < -0.39 is 22.7 Å². The molecule has 1 aromatic carbocycles. The fourth-order valence-corrected chi connectivity index (χ4v) is 1.11. The molecule has 2 N–H and O–H groups in total. The van der Waals surface area contributed by atoms with Crippen molar-refractivity contribution in [1.82, 2.24) is 0 Å².